The predicted molar refractivity (Wildman–Crippen MR) is 71.5 cm³/mol. The average molecular weight is 255 g/mol. The van der Waals surface area contributed by atoms with Gasteiger partial charge < -0.3 is 10.6 Å². The minimum absolute atomic E-state index is 0.273. The monoisotopic (exact) mass is 254 g/mol. The lowest BCUT2D eigenvalue weighted by atomic mass is 9.94. The van der Waals surface area contributed by atoms with Crippen molar-refractivity contribution in [3.63, 3.8) is 0 Å². The van der Waals surface area contributed by atoms with Crippen molar-refractivity contribution in [3.8, 4) is 0 Å². The van der Waals surface area contributed by atoms with Gasteiger partial charge in [0, 0.05) is 13.1 Å². The zero-order valence-electron chi connectivity index (χ0n) is 10.4. The molecule has 1 aromatic heterocycles. The van der Waals surface area contributed by atoms with Gasteiger partial charge in [-0.25, -0.2) is 4.98 Å². The van der Waals surface area contributed by atoms with Crippen molar-refractivity contribution in [2.24, 2.45) is 0 Å². The van der Waals surface area contributed by atoms with E-state index in [0.717, 1.165) is 11.5 Å². The number of nitrogens with zero attached hydrogens (tertiary/aromatic N) is 3. The molecule has 1 aliphatic carbocycles. The fourth-order valence-electron chi connectivity index (χ4n) is 2.44. The van der Waals surface area contributed by atoms with Crippen LogP contribution in [0, 0.1) is 6.92 Å². The van der Waals surface area contributed by atoms with Crippen LogP contribution in [0.2, 0.25) is 5.28 Å². The molecule has 0 aliphatic heterocycles. The average Bonchev–Trinajstić information content (AvgIpc) is 2.34. The van der Waals surface area contributed by atoms with Crippen LogP contribution < -0.4 is 10.6 Å². The van der Waals surface area contributed by atoms with E-state index in [1.807, 2.05) is 14.0 Å². The molecule has 1 heterocycles. The maximum Gasteiger partial charge on any atom is 0.224 e. The van der Waals surface area contributed by atoms with Gasteiger partial charge in [-0.05, 0) is 31.4 Å². The fraction of sp³-hybridized carbons (Fsp3) is 0.667. The van der Waals surface area contributed by atoms with Crippen molar-refractivity contribution < 1.29 is 0 Å². The van der Waals surface area contributed by atoms with E-state index in [-0.39, 0.29) is 5.28 Å². The standard InChI is InChI=1S/C12H19ClN4/c1-8-10(14)11(16-12(13)15-8)17(2)9-6-4-3-5-7-9/h9H,3-7,14H2,1-2H3. The van der Waals surface area contributed by atoms with Crippen LogP contribution in [0.5, 0.6) is 0 Å². The van der Waals surface area contributed by atoms with E-state index >= 15 is 0 Å². The highest BCUT2D eigenvalue weighted by atomic mass is 35.5. The van der Waals surface area contributed by atoms with Crippen molar-refractivity contribution in [2.45, 2.75) is 45.1 Å². The van der Waals surface area contributed by atoms with E-state index in [4.69, 9.17) is 17.3 Å². The first-order valence-corrected chi connectivity index (χ1v) is 6.50. The molecule has 1 aromatic rings. The number of hydrogen-bond acceptors (Lipinski definition) is 4. The number of rotatable bonds is 2. The number of nitrogen functional groups attached to an aromatic ring is 1. The van der Waals surface area contributed by atoms with Crippen LogP contribution in [0.25, 0.3) is 0 Å². The molecule has 0 aromatic carbocycles. The summed E-state index contributed by atoms with van der Waals surface area (Å²) in [6, 6.07) is 0.524. The van der Waals surface area contributed by atoms with E-state index in [9.17, 15) is 0 Å². The van der Waals surface area contributed by atoms with Crippen LogP contribution in [0.15, 0.2) is 0 Å². The molecular formula is C12H19ClN4. The Kier molecular flexibility index (Phi) is 3.72. The van der Waals surface area contributed by atoms with Crippen LogP contribution in [0.3, 0.4) is 0 Å². The van der Waals surface area contributed by atoms with Gasteiger partial charge >= 0.3 is 0 Å². The molecule has 2 N–H and O–H groups in total. The minimum Gasteiger partial charge on any atom is -0.394 e. The van der Waals surface area contributed by atoms with Crippen LogP contribution in [-0.4, -0.2) is 23.1 Å². The summed E-state index contributed by atoms with van der Waals surface area (Å²) in [5.74, 6) is 0.773. The van der Waals surface area contributed by atoms with Crippen molar-refractivity contribution in [3.05, 3.63) is 11.0 Å². The van der Waals surface area contributed by atoms with Gasteiger partial charge in [0.25, 0.3) is 0 Å². The van der Waals surface area contributed by atoms with Crippen molar-refractivity contribution in [2.75, 3.05) is 17.7 Å². The first-order chi connectivity index (χ1) is 8.09. The molecule has 1 aliphatic rings. The maximum atomic E-state index is 6.03. The molecule has 0 unspecified atom stereocenters. The van der Waals surface area contributed by atoms with E-state index < -0.39 is 0 Å². The Labute approximate surface area is 107 Å². The van der Waals surface area contributed by atoms with Crippen molar-refractivity contribution >= 4 is 23.1 Å². The SMILES string of the molecule is Cc1nc(Cl)nc(N(C)C2CCCCC2)c1N. The van der Waals surface area contributed by atoms with Gasteiger partial charge in [-0.3, -0.25) is 0 Å². The number of aryl methyl sites for hydroxylation is 1. The normalized spacial score (nSPS) is 17.1. The van der Waals surface area contributed by atoms with Crippen LogP contribution in [-0.2, 0) is 0 Å². The van der Waals surface area contributed by atoms with E-state index in [0.29, 0.717) is 11.7 Å². The van der Waals surface area contributed by atoms with Gasteiger partial charge in [-0.2, -0.15) is 4.98 Å². The highest BCUT2D eigenvalue weighted by Gasteiger charge is 2.22. The third-order valence-corrected chi connectivity index (χ3v) is 3.71. The molecule has 0 radical (unpaired) electrons. The smallest absolute Gasteiger partial charge is 0.224 e. The molecule has 0 amide bonds. The fourth-order valence-corrected chi connectivity index (χ4v) is 2.65. The zero-order chi connectivity index (χ0) is 12.4. The first kappa shape index (κ1) is 12.4. The summed E-state index contributed by atoms with van der Waals surface area (Å²) in [5.41, 5.74) is 7.43. The van der Waals surface area contributed by atoms with E-state index in [2.05, 4.69) is 14.9 Å². The number of halogens is 1. The molecule has 0 atom stereocenters. The largest absolute Gasteiger partial charge is 0.394 e. The van der Waals surface area contributed by atoms with Gasteiger partial charge in [-0.1, -0.05) is 19.3 Å². The van der Waals surface area contributed by atoms with Gasteiger partial charge in [0.05, 0.1) is 11.4 Å². The molecule has 1 fully saturated rings. The van der Waals surface area contributed by atoms with Gasteiger partial charge in [0.2, 0.25) is 5.28 Å². The Morgan fingerprint density at radius 1 is 1.24 bits per heavy atom. The zero-order valence-corrected chi connectivity index (χ0v) is 11.2. The van der Waals surface area contributed by atoms with Gasteiger partial charge in [-0.15, -0.1) is 0 Å². The number of anilines is 2. The third-order valence-electron chi connectivity index (χ3n) is 3.55. The molecule has 0 spiro atoms. The summed E-state index contributed by atoms with van der Waals surface area (Å²) >= 11 is 5.90. The summed E-state index contributed by atoms with van der Waals surface area (Å²) < 4.78 is 0. The van der Waals surface area contributed by atoms with Crippen LogP contribution in [0.1, 0.15) is 37.8 Å². The quantitative estimate of drug-likeness (QED) is 0.825. The lowest BCUT2D eigenvalue weighted by Crippen LogP contribution is -2.34. The summed E-state index contributed by atoms with van der Waals surface area (Å²) in [6.45, 7) is 1.86. The second kappa shape index (κ2) is 5.08. The van der Waals surface area contributed by atoms with Crippen LogP contribution in [0.4, 0.5) is 11.5 Å². The molecular weight excluding hydrogens is 236 g/mol. The predicted octanol–water partition coefficient (Wildman–Crippen LogP) is 2.79. The second-order valence-corrected chi connectivity index (χ2v) is 5.06. The second-order valence-electron chi connectivity index (χ2n) is 4.72. The molecule has 0 bridgehead atoms. The molecule has 1 saturated carbocycles. The summed E-state index contributed by atoms with van der Waals surface area (Å²) in [6.07, 6.45) is 6.32. The molecule has 4 nitrogen and oxygen atoms in total. The lowest BCUT2D eigenvalue weighted by molar-refractivity contribution is 0.426. The molecule has 17 heavy (non-hydrogen) atoms. The van der Waals surface area contributed by atoms with Gasteiger partial charge in [0.15, 0.2) is 5.82 Å². The first-order valence-electron chi connectivity index (χ1n) is 6.12. The summed E-state index contributed by atoms with van der Waals surface area (Å²) in [4.78, 5) is 10.5. The minimum atomic E-state index is 0.273. The van der Waals surface area contributed by atoms with Gasteiger partial charge in [0.1, 0.15) is 0 Å². The summed E-state index contributed by atoms with van der Waals surface area (Å²) in [5, 5.41) is 0.273. The van der Waals surface area contributed by atoms with Crippen molar-refractivity contribution in [1.29, 1.82) is 0 Å². The summed E-state index contributed by atoms with van der Waals surface area (Å²) in [7, 11) is 2.05. The highest BCUT2D eigenvalue weighted by Crippen LogP contribution is 2.30. The Bertz CT molecular complexity index is 402. The number of nitrogens with two attached hydrogens (primary N) is 1. The molecule has 2 rings (SSSR count). The maximum absolute atomic E-state index is 6.03. The number of aromatic nitrogens is 2. The topological polar surface area (TPSA) is 55.0 Å². The number of hydrogen-bond donors (Lipinski definition) is 1. The Morgan fingerprint density at radius 3 is 2.53 bits per heavy atom. The van der Waals surface area contributed by atoms with E-state index in [1.165, 1.54) is 32.1 Å². The molecule has 5 heteroatoms. The van der Waals surface area contributed by atoms with Crippen LogP contribution >= 0.6 is 11.6 Å². The Balaban J connectivity index is 2.26. The molecule has 0 saturated heterocycles. The van der Waals surface area contributed by atoms with E-state index in [1.54, 1.807) is 0 Å². The lowest BCUT2D eigenvalue weighted by Gasteiger charge is -2.32. The van der Waals surface area contributed by atoms with Crippen molar-refractivity contribution in [1.82, 2.24) is 9.97 Å². The Morgan fingerprint density at radius 2 is 1.88 bits per heavy atom. The third kappa shape index (κ3) is 2.63. The Hall–Kier alpha value is -1.03. The highest BCUT2D eigenvalue weighted by molar-refractivity contribution is 6.28. The molecule has 94 valence electrons.